The van der Waals surface area contributed by atoms with E-state index in [0.29, 0.717) is 23.7 Å². The molecule has 3 amide bonds. The van der Waals surface area contributed by atoms with Crippen molar-refractivity contribution in [2.45, 2.75) is 19.1 Å². The van der Waals surface area contributed by atoms with Gasteiger partial charge < -0.3 is 14.8 Å². The summed E-state index contributed by atoms with van der Waals surface area (Å²) >= 11 is 0. The number of nitrogens with zero attached hydrogens (tertiary/aromatic N) is 2. The lowest BCUT2D eigenvalue weighted by molar-refractivity contribution is -0.131. The minimum atomic E-state index is -1.20. The molecule has 0 radical (unpaired) electrons. The second kappa shape index (κ2) is 8.93. The van der Waals surface area contributed by atoms with Gasteiger partial charge in [-0.1, -0.05) is 42.5 Å². The van der Waals surface area contributed by atoms with Crippen LogP contribution in [0.5, 0.6) is 11.5 Å². The number of benzene rings is 3. The van der Waals surface area contributed by atoms with Gasteiger partial charge in [-0.25, -0.2) is 4.79 Å². The molecule has 1 atom stereocenters. The minimum absolute atomic E-state index is 0.452. The van der Waals surface area contributed by atoms with E-state index in [-0.39, 0.29) is 0 Å². The van der Waals surface area contributed by atoms with Crippen molar-refractivity contribution in [3.8, 4) is 11.5 Å². The van der Waals surface area contributed by atoms with Crippen LogP contribution >= 0.6 is 0 Å². The summed E-state index contributed by atoms with van der Waals surface area (Å²) in [6, 6.07) is 23.6. The average Bonchev–Trinajstić information content (AvgIpc) is 3.06. The van der Waals surface area contributed by atoms with Crippen molar-refractivity contribution in [2.24, 2.45) is 5.10 Å². The molecule has 4 rings (SSSR count). The predicted molar refractivity (Wildman–Crippen MR) is 121 cm³/mol. The molecule has 0 bridgehead atoms. The maximum atomic E-state index is 13.0. The zero-order chi connectivity index (χ0) is 22.6. The summed E-state index contributed by atoms with van der Waals surface area (Å²) in [5, 5.41) is 7.69. The van der Waals surface area contributed by atoms with Gasteiger partial charge in [-0.3, -0.25) is 4.79 Å². The van der Waals surface area contributed by atoms with Crippen molar-refractivity contribution in [3.63, 3.8) is 0 Å². The summed E-state index contributed by atoms with van der Waals surface area (Å²) in [4.78, 5) is 25.4. The average molecular weight is 429 g/mol. The number of imide groups is 1. The third kappa shape index (κ3) is 4.32. The number of ether oxygens (including phenoxy) is 2. The molecule has 0 aromatic heterocycles. The summed E-state index contributed by atoms with van der Waals surface area (Å²) in [5.41, 5.74) is 1.26. The number of carbonyl (C=O) groups excluding carboxylic acids is 2. The van der Waals surface area contributed by atoms with Gasteiger partial charge in [0.05, 0.1) is 13.3 Å². The Labute approximate surface area is 186 Å². The molecule has 1 unspecified atom stereocenters. The quantitative estimate of drug-likeness (QED) is 0.453. The Morgan fingerprint density at radius 1 is 0.938 bits per heavy atom. The molecule has 3 aromatic rings. The molecule has 1 heterocycles. The van der Waals surface area contributed by atoms with E-state index in [1.807, 2.05) is 54.6 Å². The number of urea groups is 1. The molecule has 1 saturated heterocycles. The molecule has 7 heteroatoms. The third-order valence-corrected chi connectivity index (χ3v) is 5.29. The Hall–Kier alpha value is -4.13. The summed E-state index contributed by atoms with van der Waals surface area (Å²) in [5.74, 6) is 0.931. The normalized spacial score (nSPS) is 18.1. The zero-order valence-corrected chi connectivity index (χ0v) is 17.8. The standard InChI is InChI=1S/C25H23N3O4/c1-25(20-10-14-21(31-2)15-11-20)23(29)28(24(30)27-25)26-16-18-8-12-22(13-9-18)32-17-19-6-4-3-5-7-19/h3-16H,17H2,1-2H3,(H,27,30)/b26-16+. The second-order valence-electron chi connectivity index (χ2n) is 7.49. The van der Waals surface area contributed by atoms with E-state index in [1.54, 1.807) is 38.3 Å². The van der Waals surface area contributed by atoms with Gasteiger partial charge in [0.15, 0.2) is 0 Å². The first-order chi connectivity index (χ1) is 15.5. The lowest BCUT2D eigenvalue weighted by Crippen LogP contribution is -2.40. The van der Waals surface area contributed by atoms with Gasteiger partial charge in [-0.05, 0) is 60.0 Å². The van der Waals surface area contributed by atoms with E-state index in [0.717, 1.165) is 16.1 Å². The topological polar surface area (TPSA) is 80.2 Å². The van der Waals surface area contributed by atoms with Crippen LogP contribution in [0.2, 0.25) is 0 Å². The molecule has 0 spiro atoms. The maximum absolute atomic E-state index is 13.0. The molecule has 0 aliphatic carbocycles. The van der Waals surface area contributed by atoms with Crippen molar-refractivity contribution in [1.29, 1.82) is 0 Å². The molecule has 162 valence electrons. The zero-order valence-electron chi connectivity index (χ0n) is 17.8. The Bertz CT molecular complexity index is 1130. The van der Waals surface area contributed by atoms with E-state index in [2.05, 4.69) is 10.4 Å². The summed E-state index contributed by atoms with van der Waals surface area (Å²) in [6.07, 6.45) is 1.47. The van der Waals surface area contributed by atoms with Gasteiger partial charge in [-0.2, -0.15) is 5.10 Å². The fourth-order valence-corrected chi connectivity index (χ4v) is 3.36. The van der Waals surface area contributed by atoms with Gasteiger partial charge in [0.25, 0.3) is 5.91 Å². The van der Waals surface area contributed by atoms with Gasteiger partial charge >= 0.3 is 6.03 Å². The molecule has 1 fully saturated rings. The van der Waals surface area contributed by atoms with Crippen LogP contribution in [0, 0.1) is 0 Å². The van der Waals surface area contributed by atoms with Crippen LogP contribution in [-0.2, 0) is 16.9 Å². The van der Waals surface area contributed by atoms with E-state index in [1.165, 1.54) is 6.21 Å². The van der Waals surface area contributed by atoms with Gasteiger partial charge in [0.1, 0.15) is 23.6 Å². The van der Waals surface area contributed by atoms with Crippen molar-refractivity contribution in [2.75, 3.05) is 7.11 Å². The third-order valence-electron chi connectivity index (χ3n) is 5.29. The molecular weight excluding hydrogens is 406 g/mol. The van der Waals surface area contributed by atoms with E-state index < -0.39 is 17.5 Å². The Morgan fingerprint density at radius 2 is 1.59 bits per heavy atom. The first-order valence-corrected chi connectivity index (χ1v) is 10.1. The molecule has 0 saturated carbocycles. The number of methoxy groups -OCH3 is 1. The highest BCUT2D eigenvalue weighted by molar-refractivity contribution is 6.07. The number of hydrogen-bond acceptors (Lipinski definition) is 5. The second-order valence-corrected chi connectivity index (χ2v) is 7.49. The number of nitrogens with one attached hydrogen (secondary N) is 1. The first kappa shape index (κ1) is 21.1. The number of rotatable bonds is 7. The highest BCUT2D eigenvalue weighted by atomic mass is 16.5. The fourth-order valence-electron chi connectivity index (χ4n) is 3.36. The predicted octanol–water partition coefficient (Wildman–Crippen LogP) is 4.08. The number of carbonyl (C=O) groups is 2. The van der Waals surface area contributed by atoms with Crippen LogP contribution in [-0.4, -0.2) is 30.3 Å². The van der Waals surface area contributed by atoms with E-state index in [9.17, 15) is 9.59 Å². The molecule has 7 nitrogen and oxygen atoms in total. The van der Waals surface area contributed by atoms with Crippen molar-refractivity contribution in [1.82, 2.24) is 10.3 Å². The molecular formula is C25H23N3O4. The Kier molecular flexibility index (Phi) is 5.89. The highest BCUT2D eigenvalue weighted by Crippen LogP contribution is 2.30. The van der Waals surface area contributed by atoms with Crippen LogP contribution < -0.4 is 14.8 Å². The minimum Gasteiger partial charge on any atom is -0.497 e. The Balaban J connectivity index is 1.42. The smallest absolute Gasteiger partial charge is 0.346 e. The van der Waals surface area contributed by atoms with E-state index in [4.69, 9.17) is 9.47 Å². The molecule has 3 aromatic carbocycles. The fraction of sp³-hybridized carbons (Fsp3) is 0.160. The van der Waals surface area contributed by atoms with Crippen LogP contribution in [0.3, 0.4) is 0 Å². The molecule has 1 aliphatic rings. The molecule has 1 aliphatic heterocycles. The molecule has 1 N–H and O–H groups in total. The van der Waals surface area contributed by atoms with Crippen LogP contribution in [0.1, 0.15) is 23.6 Å². The lowest BCUT2D eigenvalue weighted by Gasteiger charge is -2.21. The van der Waals surface area contributed by atoms with Gasteiger partial charge in [-0.15, -0.1) is 5.01 Å². The van der Waals surface area contributed by atoms with Gasteiger partial charge in [0.2, 0.25) is 0 Å². The monoisotopic (exact) mass is 429 g/mol. The van der Waals surface area contributed by atoms with Crippen molar-refractivity contribution in [3.05, 3.63) is 95.6 Å². The lowest BCUT2D eigenvalue weighted by atomic mass is 9.92. The van der Waals surface area contributed by atoms with Crippen molar-refractivity contribution >= 4 is 18.2 Å². The van der Waals surface area contributed by atoms with Gasteiger partial charge in [0, 0.05) is 0 Å². The highest BCUT2D eigenvalue weighted by Gasteiger charge is 2.49. The van der Waals surface area contributed by atoms with Crippen LogP contribution in [0.25, 0.3) is 0 Å². The summed E-state index contributed by atoms with van der Waals surface area (Å²) < 4.78 is 10.9. The van der Waals surface area contributed by atoms with Crippen LogP contribution in [0.15, 0.2) is 84.0 Å². The number of amides is 3. The number of hydrogen-bond donors (Lipinski definition) is 1. The summed E-state index contributed by atoms with van der Waals surface area (Å²) in [6.45, 7) is 2.13. The van der Waals surface area contributed by atoms with Crippen LogP contribution in [0.4, 0.5) is 4.79 Å². The Morgan fingerprint density at radius 3 is 2.25 bits per heavy atom. The SMILES string of the molecule is COc1ccc(C2(C)NC(=O)N(/N=C/c3ccc(OCc4ccccc4)cc3)C2=O)cc1. The maximum Gasteiger partial charge on any atom is 0.346 e. The largest absolute Gasteiger partial charge is 0.497 e. The van der Waals surface area contributed by atoms with E-state index >= 15 is 0 Å². The summed E-state index contributed by atoms with van der Waals surface area (Å²) in [7, 11) is 1.57. The number of hydrazone groups is 1. The molecule has 32 heavy (non-hydrogen) atoms. The van der Waals surface area contributed by atoms with Crippen molar-refractivity contribution < 1.29 is 19.1 Å². The first-order valence-electron chi connectivity index (χ1n) is 10.1.